The molecule has 100 valence electrons. The summed E-state index contributed by atoms with van der Waals surface area (Å²) in [5, 5.41) is 12.7. The number of hydrogen-bond acceptors (Lipinski definition) is 3. The molecule has 0 fully saturated rings. The lowest BCUT2D eigenvalue weighted by Crippen LogP contribution is -2.57. The summed E-state index contributed by atoms with van der Waals surface area (Å²) in [6.07, 6.45) is 3.14. The Bertz CT molecular complexity index is 458. The van der Waals surface area contributed by atoms with Crippen molar-refractivity contribution in [3.63, 3.8) is 0 Å². The summed E-state index contributed by atoms with van der Waals surface area (Å²) in [7, 11) is 0. The maximum Gasteiger partial charge on any atom is 0.244 e. The summed E-state index contributed by atoms with van der Waals surface area (Å²) >= 11 is 7.20. The number of aliphatic hydroxyl groups is 1. The van der Waals surface area contributed by atoms with Crippen LogP contribution in [0.2, 0.25) is 4.34 Å². The fourth-order valence-corrected chi connectivity index (χ4v) is 2.04. The van der Waals surface area contributed by atoms with Crippen LogP contribution >= 0.6 is 22.9 Å². The van der Waals surface area contributed by atoms with Gasteiger partial charge in [0.1, 0.15) is 0 Å². The Morgan fingerprint density at radius 3 is 2.44 bits per heavy atom. The quantitative estimate of drug-likeness (QED) is 0.836. The molecular formula is C13H18ClNO2S. The molecule has 0 saturated carbocycles. The van der Waals surface area contributed by atoms with E-state index in [9.17, 15) is 9.90 Å². The maximum atomic E-state index is 11.7. The Morgan fingerprint density at radius 1 is 1.39 bits per heavy atom. The van der Waals surface area contributed by atoms with E-state index in [1.54, 1.807) is 39.8 Å². The topological polar surface area (TPSA) is 49.3 Å². The van der Waals surface area contributed by atoms with E-state index < -0.39 is 11.1 Å². The standard InChI is InChI=1S/C13H18ClNO2S/c1-12(2,13(3,4)17)15-11(16)8-6-9-5-7-10(14)18-9/h5-8,17H,1-4H3,(H,15,16)/b8-6+. The molecule has 0 radical (unpaired) electrons. The molecule has 0 saturated heterocycles. The lowest BCUT2D eigenvalue weighted by molar-refractivity contribution is -0.121. The first kappa shape index (κ1) is 15.2. The third-order valence-electron chi connectivity index (χ3n) is 2.96. The molecule has 0 bridgehead atoms. The van der Waals surface area contributed by atoms with Gasteiger partial charge in [0.15, 0.2) is 0 Å². The van der Waals surface area contributed by atoms with Gasteiger partial charge in [-0.05, 0) is 45.9 Å². The monoisotopic (exact) mass is 287 g/mol. The maximum absolute atomic E-state index is 11.7. The molecule has 1 rings (SSSR count). The predicted octanol–water partition coefficient (Wildman–Crippen LogP) is 3.08. The highest BCUT2D eigenvalue weighted by Gasteiger charge is 2.35. The van der Waals surface area contributed by atoms with Crippen LogP contribution in [0.1, 0.15) is 32.6 Å². The minimum absolute atomic E-state index is 0.244. The number of hydrogen-bond donors (Lipinski definition) is 2. The first-order valence-electron chi connectivity index (χ1n) is 5.60. The minimum Gasteiger partial charge on any atom is -0.388 e. The lowest BCUT2D eigenvalue weighted by atomic mass is 9.86. The summed E-state index contributed by atoms with van der Waals surface area (Å²) in [5.41, 5.74) is -1.70. The second-order valence-electron chi connectivity index (χ2n) is 5.15. The van der Waals surface area contributed by atoms with Crippen LogP contribution in [-0.2, 0) is 4.79 Å². The molecule has 1 heterocycles. The van der Waals surface area contributed by atoms with Gasteiger partial charge in [-0.2, -0.15) is 0 Å². The molecule has 1 amide bonds. The Labute approximate surface area is 116 Å². The molecular weight excluding hydrogens is 270 g/mol. The molecule has 0 aliphatic carbocycles. The number of rotatable bonds is 4. The van der Waals surface area contributed by atoms with Crippen molar-refractivity contribution in [2.75, 3.05) is 0 Å². The van der Waals surface area contributed by atoms with E-state index in [0.29, 0.717) is 4.34 Å². The van der Waals surface area contributed by atoms with Crippen molar-refractivity contribution >= 4 is 34.9 Å². The summed E-state index contributed by atoms with van der Waals surface area (Å²) in [5.74, 6) is -0.244. The number of carbonyl (C=O) groups is 1. The Kier molecular flexibility index (Phi) is 4.59. The average Bonchev–Trinajstić information content (AvgIpc) is 2.59. The van der Waals surface area contributed by atoms with Crippen molar-refractivity contribution in [1.29, 1.82) is 0 Å². The zero-order valence-electron chi connectivity index (χ0n) is 11.0. The highest BCUT2D eigenvalue weighted by Crippen LogP contribution is 2.23. The molecule has 1 aromatic heterocycles. The van der Waals surface area contributed by atoms with Crippen LogP contribution in [0.15, 0.2) is 18.2 Å². The van der Waals surface area contributed by atoms with Gasteiger partial charge in [0.05, 0.1) is 15.5 Å². The first-order chi connectivity index (χ1) is 8.12. The van der Waals surface area contributed by atoms with Crippen molar-refractivity contribution in [3.8, 4) is 0 Å². The van der Waals surface area contributed by atoms with Gasteiger partial charge in [0.2, 0.25) is 5.91 Å². The van der Waals surface area contributed by atoms with Gasteiger partial charge in [0, 0.05) is 11.0 Å². The predicted molar refractivity (Wildman–Crippen MR) is 76.9 cm³/mol. The Balaban J connectivity index is 2.65. The molecule has 0 atom stereocenters. The summed E-state index contributed by atoms with van der Waals surface area (Å²) in [6, 6.07) is 3.63. The minimum atomic E-state index is -0.997. The average molecular weight is 288 g/mol. The van der Waals surface area contributed by atoms with Gasteiger partial charge in [0.25, 0.3) is 0 Å². The van der Waals surface area contributed by atoms with Gasteiger partial charge < -0.3 is 10.4 Å². The van der Waals surface area contributed by atoms with E-state index in [0.717, 1.165) is 4.88 Å². The van der Waals surface area contributed by atoms with Crippen molar-refractivity contribution in [3.05, 3.63) is 27.4 Å². The molecule has 18 heavy (non-hydrogen) atoms. The van der Waals surface area contributed by atoms with Gasteiger partial charge in [-0.15, -0.1) is 11.3 Å². The van der Waals surface area contributed by atoms with Gasteiger partial charge in [-0.3, -0.25) is 4.79 Å². The SMILES string of the molecule is CC(C)(O)C(C)(C)NC(=O)/C=C/c1ccc(Cl)s1. The van der Waals surface area contributed by atoms with Crippen LogP contribution in [0.4, 0.5) is 0 Å². The summed E-state index contributed by atoms with van der Waals surface area (Å²) in [6.45, 7) is 6.88. The van der Waals surface area contributed by atoms with Crippen LogP contribution in [0.5, 0.6) is 0 Å². The molecule has 0 aliphatic heterocycles. The number of halogens is 1. The van der Waals surface area contributed by atoms with E-state index in [4.69, 9.17) is 11.6 Å². The van der Waals surface area contributed by atoms with Crippen molar-refractivity contribution in [1.82, 2.24) is 5.32 Å². The zero-order valence-corrected chi connectivity index (χ0v) is 12.5. The summed E-state index contributed by atoms with van der Waals surface area (Å²) < 4.78 is 0.687. The Morgan fingerprint density at radius 2 is 2.00 bits per heavy atom. The second-order valence-corrected chi connectivity index (χ2v) is 6.90. The van der Waals surface area contributed by atoms with Crippen LogP contribution < -0.4 is 5.32 Å². The fourth-order valence-electron chi connectivity index (χ4n) is 1.08. The lowest BCUT2D eigenvalue weighted by Gasteiger charge is -2.37. The molecule has 0 spiro atoms. The molecule has 0 aromatic carbocycles. The van der Waals surface area contributed by atoms with Gasteiger partial charge in [-0.25, -0.2) is 0 Å². The van der Waals surface area contributed by atoms with Crippen LogP contribution in [0.3, 0.4) is 0 Å². The van der Waals surface area contributed by atoms with Crippen molar-refractivity contribution in [2.45, 2.75) is 38.8 Å². The highest BCUT2D eigenvalue weighted by atomic mass is 35.5. The van der Waals surface area contributed by atoms with Crippen molar-refractivity contribution < 1.29 is 9.90 Å². The molecule has 1 aromatic rings. The molecule has 3 nitrogen and oxygen atoms in total. The molecule has 0 unspecified atom stereocenters. The van der Waals surface area contributed by atoms with E-state index >= 15 is 0 Å². The molecule has 2 N–H and O–H groups in total. The number of thiophene rings is 1. The fraction of sp³-hybridized carbons (Fsp3) is 0.462. The van der Waals surface area contributed by atoms with E-state index in [2.05, 4.69) is 5.32 Å². The van der Waals surface area contributed by atoms with Crippen LogP contribution in [0, 0.1) is 0 Å². The smallest absolute Gasteiger partial charge is 0.244 e. The van der Waals surface area contributed by atoms with Crippen molar-refractivity contribution in [2.24, 2.45) is 0 Å². The number of carbonyl (C=O) groups excluding carboxylic acids is 1. The highest BCUT2D eigenvalue weighted by molar-refractivity contribution is 7.17. The van der Waals surface area contributed by atoms with Crippen LogP contribution in [-0.4, -0.2) is 22.2 Å². The van der Waals surface area contributed by atoms with Gasteiger partial charge >= 0.3 is 0 Å². The Hall–Kier alpha value is -0.840. The second kappa shape index (κ2) is 5.43. The third-order valence-corrected chi connectivity index (χ3v) is 4.15. The zero-order chi connectivity index (χ0) is 14.0. The third kappa shape index (κ3) is 4.12. The van der Waals surface area contributed by atoms with E-state index in [1.807, 2.05) is 6.07 Å². The number of nitrogens with one attached hydrogen (secondary N) is 1. The van der Waals surface area contributed by atoms with Gasteiger partial charge in [-0.1, -0.05) is 11.6 Å². The normalized spacial score (nSPS) is 13.0. The number of amides is 1. The first-order valence-corrected chi connectivity index (χ1v) is 6.79. The summed E-state index contributed by atoms with van der Waals surface area (Å²) in [4.78, 5) is 12.7. The van der Waals surface area contributed by atoms with E-state index in [-0.39, 0.29) is 5.91 Å². The van der Waals surface area contributed by atoms with Crippen LogP contribution in [0.25, 0.3) is 6.08 Å². The molecule has 5 heteroatoms. The van der Waals surface area contributed by atoms with E-state index in [1.165, 1.54) is 17.4 Å². The molecule has 0 aliphatic rings. The largest absolute Gasteiger partial charge is 0.388 e.